The second kappa shape index (κ2) is 7.06. The predicted octanol–water partition coefficient (Wildman–Crippen LogP) is 2.14. The topological polar surface area (TPSA) is 60.2 Å². The van der Waals surface area contributed by atoms with Crippen molar-refractivity contribution < 1.29 is 4.74 Å². The molecule has 1 heterocycles. The van der Waals surface area contributed by atoms with E-state index in [1.165, 1.54) is 0 Å². The van der Waals surface area contributed by atoms with Gasteiger partial charge in [-0.05, 0) is 24.5 Å². The van der Waals surface area contributed by atoms with Gasteiger partial charge in [0.25, 0.3) is 0 Å². The van der Waals surface area contributed by atoms with E-state index in [2.05, 4.69) is 24.1 Å². The van der Waals surface area contributed by atoms with Crippen molar-refractivity contribution in [3.8, 4) is 0 Å². The zero-order valence-corrected chi connectivity index (χ0v) is 10.1. The second-order valence-electron chi connectivity index (χ2n) is 4.23. The zero-order chi connectivity index (χ0) is 11.8. The Kier molecular flexibility index (Phi) is 5.64. The van der Waals surface area contributed by atoms with Gasteiger partial charge in [0.2, 0.25) is 0 Å². The van der Waals surface area contributed by atoms with Crippen LogP contribution in [0, 0.1) is 5.92 Å². The van der Waals surface area contributed by atoms with Crippen molar-refractivity contribution in [2.24, 2.45) is 5.92 Å². The molecule has 0 aliphatic rings. The maximum atomic E-state index is 5.54. The number of pyridine rings is 1. The number of hydrogen-bond donors (Lipinski definition) is 2. The largest absolute Gasteiger partial charge is 0.397 e. The first-order valence-corrected chi connectivity index (χ1v) is 5.71. The molecule has 0 aliphatic heterocycles. The summed E-state index contributed by atoms with van der Waals surface area (Å²) in [6.45, 7) is 6.79. The molecule has 0 saturated heterocycles. The fourth-order valence-corrected chi connectivity index (χ4v) is 1.22. The summed E-state index contributed by atoms with van der Waals surface area (Å²) in [6, 6.07) is 3.72. The molecule has 90 valence electrons. The molecule has 0 fully saturated rings. The fraction of sp³-hybridized carbons (Fsp3) is 0.583. The van der Waals surface area contributed by atoms with Gasteiger partial charge in [0.05, 0.1) is 11.9 Å². The fourth-order valence-electron chi connectivity index (χ4n) is 1.22. The van der Waals surface area contributed by atoms with Gasteiger partial charge < -0.3 is 15.8 Å². The molecule has 0 aromatic carbocycles. The number of nitrogen functional groups attached to an aromatic ring is 1. The van der Waals surface area contributed by atoms with Crippen LogP contribution >= 0.6 is 0 Å². The maximum Gasteiger partial charge on any atom is 0.126 e. The van der Waals surface area contributed by atoms with Gasteiger partial charge in [0.15, 0.2) is 0 Å². The SMILES string of the molecule is CC(C)COCCCNc1ccc(N)cn1. The van der Waals surface area contributed by atoms with Crippen molar-refractivity contribution in [2.75, 3.05) is 30.8 Å². The van der Waals surface area contributed by atoms with Crippen LogP contribution in [-0.4, -0.2) is 24.7 Å². The first-order valence-electron chi connectivity index (χ1n) is 5.71. The highest BCUT2D eigenvalue weighted by Crippen LogP contribution is 2.05. The van der Waals surface area contributed by atoms with Crippen LogP contribution in [0.1, 0.15) is 20.3 Å². The van der Waals surface area contributed by atoms with Crippen LogP contribution in [-0.2, 0) is 4.74 Å². The van der Waals surface area contributed by atoms with Crippen LogP contribution in [0.2, 0.25) is 0 Å². The van der Waals surface area contributed by atoms with Crippen LogP contribution in [0.4, 0.5) is 11.5 Å². The van der Waals surface area contributed by atoms with Gasteiger partial charge >= 0.3 is 0 Å². The molecule has 16 heavy (non-hydrogen) atoms. The first kappa shape index (κ1) is 12.8. The average Bonchev–Trinajstić information content (AvgIpc) is 2.25. The van der Waals surface area contributed by atoms with Crippen LogP contribution in [0.25, 0.3) is 0 Å². The number of nitrogens with two attached hydrogens (primary N) is 1. The molecule has 0 spiro atoms. The van der Waals surface area contributed by atoms with Crippen LogP contribution in [0.3, 0.4) is 0 Å². The van der Waals surface area contributed by atoms with Gasteiger partial charge in [-0.2, -0.15) is 0 Å². The highest BCUT2D eigenvalue weighted by atomic mass is 16.5. The molecule has 0 saturated carbocycles. The minimum absolute atomic E-state index is 0.603. The molecule has 0 amide bonds. The Morgan fingerprint density at radius 1 is 1.44 bits per heavy atom. The Labute approximate surface area is 97.2 Å². The van der Waals surface area contributed by atoms with Gasteiger partial charge in [0, 0.05) is 19.8 Å². The van der Waals surface area contributed by atoms with Gasteiger partial charge in [-0.15, -0.1) is 0 Å². The number of rotatable bonds is 7. The molecule has 0 radical (unpaired) electrons. The third-order valence-electron chi connectivity index (χ3n) is 2.01. The molecule has 4 nitrogen and oxygen atoms in total. The smallest absolute Gasteiger partial charge is 0.126 e. The highest BCUT2D eigenvalue weighted by Gasteiger charge is 1.95. The van der Waals surface area contributed by atoms with E-state index < -0.39 is 0 Å². The summed E-state index contributed by atoms with van der Waals surface area (Å²) in [5, 5.41) is 3.21. The third-order valence-corrected chi connectivity index (χ3v) is 2.01. The number of ether oxygens (including phenoxy) is 1. The molecular weight excluding hydrogens is 202 g/mol. The number of nitrogens with zero attached hydrogens (tertiary/aromatic N) is 1. The minimum Gasteiger partial charge on any atom is -0.397 e. The normalized spacial score (nSPS) is 10.7. The Morgan fingerprint density at radius 3 is 2.88 bits per heavy atom. The van der Waals surface area contributed by atoms with Crippen molar-refractivity contribution in [3.63, 3.8) is 0 Å². The molecule has 4 heteroatoms. The molecular formula is C12H21N3O. The Morgan fingerprint density at radius 2 is 2.25 bits per heavy atom. The molecule has 0 unspecified atom stereocenters. The van der Waals surface area contributed by atoms with E-state index >= 15 is 0 Å². The summed E-state index contributed by atoms with van der Waals surface area (Å²) in [5.74, 6) is 1.46. The van der Waals surface area contributed by atoms with E-state index in [4.69, 9.17) is 10.5 Å². The van der Waals surface area contributed by atoms with Gasteiger partial charge in [0.1, 0.15) is 5.82 Å². The standard InChI is InChI=1S/C12H21N3O/c1-10(2)9-16-7-3-6-14-12-5-4-11(13)8-15-12/h4-5,8,10H,3,6-7,9,13H2,1-2H3,(H,14,15). The van der Waals surface area contributed by atoms with E-state index in [1.807, 2.05) is 12.1 Å². The van der Waals surface area contributed by atoms with Crippen molar-refractivity contribution >= 4 is 11.5 Å². The lowest BCUT2D eigenvalue weighted by Crippen LogP contribution is -2.09. The Hall–Kier alpha value is -1.29. The lowest BCUT2D eigenvalue weighted by atomic mass is 10.2. The van der Waals surface area contributed by atoms with Crippen LogP contribution < -0.4 is 11.1 Å². The van der Waals surface area contributed by atoms with Gasteiger partial charge in [-0.25, -0.2) is 4.98 Å². The summed E-state index contributed by atoms with van der Waals surface area (Å²) in [7, 11) is 0. The zero-order valence-electron chi connectivity index (χ0n) is 10.1. The third kappa shape index (κ3) is 5.56. The van der Waals surface area contributed by atoms with E-state index in [9.17, 15) is 0 Å². The van der Waals surface area contributed by atoms with E-state index in [1.54, 1.807) is 6.20 Å². The Balaban J connectivity index is 2.05. The molecule has 1 aromatic heterocycles. The molecule has 1 aromatic rings. The number of nitrogens with one attached hydrogen (secondary N) is 1. The highest BCUT2D eigenvalue weighted by molar-refractivity contribution is 5.43. The predicted molar refractivity (Wildman–Crippen MR) is 67.4 cm³/mol. The van der Waals surface area contributed by atoms with E-state index in [0.717, 1.165) is 32.0 Å². The lowest BCUT2D eigenvalue weighted by Gasteiger charge is -2.08. The molecule has 1 rings (SSSR count). The summed E-state index contributed by atoms with van der Waals surface area (Å²) in [4.78, 5) is 4.15. The van der Waals surface area contributed by atoms with Crippen molar-refractivity contribution in [3.05, 3.63) is 18.3 Å². The van der Waals surface area contributed by atoms with Gasteiger partial charge in [-0.1, -0.05) is 13.8 Å². The average molecular weight is 223 g/mol. The Bertz CT molecular complexity index is 285. The number of aromatic nitrogens is 1. The summed E-state index contributed by atoms with van der Waals surface area (Å²) < 4.78 is 5.47. The maximum absolute atomic E-state index is 5.54. The first-order chi connectivity index (χ1) is 7.68. The van der Waals surface area contributed by atoms with E-state index in [-0.39, 0.29) is 0 Å². The number of anilines is 2. The molecule has 0 bridgehead atoms. The van der Waals surface area contributed by atoms with Crippen LogP contribution in [0.15, 0.2) is 18.3 Å². The van der Waals surface area contributed by atoms with Crippen molar-refractivity contribution in [2.45, 2.75) is 20.3 Å². The molecule has 0 atom stereocenters. The van der Waals surface area contributed by atoms with Gasteiger partial charge in [-0.3, -0.25) is 0 Å². The van der Waals surface area contributed by atoms with E-state index in [0.29, 0.717) is 11.6 Å². The number of hydrogen-bond acceptors (Lipinski definition) is 4. The minimum atomic E-state index is 0.603. The van der Waals surface area contributed by atoms with Crippen LogP contribution in [0.5, 0.6) is 0 Å². The van der Waals surface area contributed by atoms with Crippen molar-refractivity contribution in [1.29, 1.82) is 0 Å². The molecule has 0 aliphatic carbocycles. The second-order valence-corrected chi connectivity index (χ2v) is 4.23. The summed E-state index contributed by atoms with van der Waals surface area (Å²) in [6.07, 6.45) is 2.64. The summed E-state index contributed by atoms with van der Waals surface area (Å²) >= 11 is 0. The summed E-state index contributed by atoms with van der Waals surface area (Å²) in [5.41, 5.74) is 6.23. The quantitative estimate of drug-likeness (QED) is 0.695. The monoisotopic (exact) mass is 223 g/mol. The molecule has 3 N–H and O–H groups in total. The lowest BCUT2D eigenvalue weighted by molar-refractivity contribution is 0.110. The van der Waals surface area contributed by atoms with Crippen molar-refractivity contribution in [1.82, 2.24) is 4.98 Å².